The molecule has 2 aromatic rings. The lowest BCUT2D eigenvalue weighted by atomic mass is 10.2. The zero-order valence-electron chi connectivity index (χ0n) is 17.1. The Bertz CT molecular complexity index is 723. The summed E-state index contributed by atoms with van der Waals surface area (Å²) in [6.45, 7) is 3.77. The van der Waals surface area contributed by atoms with Crippen molar-refractivity contribution < 1.29 is 28.5 Å². The second-order valence-electron chi connectivity index (χ2n) is 6.83. The minimum Gasteiger partial charge on any atom is -0.463 e. The molecule has 0 aromatic heterocycles. The van der Waals surface area contributed by atoms with Gasteiger partial charge < -0.3 is 23.7 Å². The second-order valence-corrected chi connectivity index (χ2v) is 6.83. The van der Waals surface area contributed by atoms with E-state index in [9.17, 15) is 4.79 Å². The molecule has 1 aliphatic heterocycles. The van der Waals surface area contributed by atoms with E-state index in [-0.39, 0.29) is 12.2 Å². The van der Waals surface area contributed by atoms with Crippen molar-refractivity contribution in [1.29, 1.82) is 0 Å². The van der Waals surface area contributed by atoms with Crippen LogP contribution in [-0.4, -0.2) is 44.3 Å². The van der Waals surface area contributed by atoms with Crippen molar-refractivity contribution in [2.45, 2.75) is 38.6 Å². The Morgan fingerprint density at radius 3 is 1.83 bits per heavy atom. The molecule has 30 heavy (non-hydrogen) atoms. The Balaban J connectivity index is 1.52. The lowest BCUT2D eigenvalue weighted by Gasteiger charge is -2.17. The molecule has 1 aliphatic rings. The van der Waals surface area contributed by atoms with Crippen molar-refractivity contribution >= 4 is 5.97 Å². The highest BCUT2D eigenvalue weighted by atomic mass is 16.7. The normalized spacial score (nSPS) is 19.4. The molecule has 0 amide bonds. The molecule has 0 saturated carbocycles. The summed E-state index contributed by atoms with van der Waals surface area (Å²) in [5, 5.41) is 0. The predicted molar refractivity (Wildman–Crippen MR) is 112 cm³/mol. The van der Waals surface area contributed by atoms with E-state index < -0.39 is 12.3 Å². The molecule has 0 bridgehead atoms. The van der Waals surface area contributed by atoms with E-state index in [1.165, 1.54) is 6.08 Å². The van der Waals surface area contributed by atoms with E-state index in [0.717, 1.165) is 11.1 Å². The lowest BCUT2D eigenvalue weighted by Crippen LogP contribution is -2.31. The fourth-order valence-electron chi connectivity index (χ4n) is 3.02. The number of ether oxygens (including phenoxy) is 5. The molecule has 0 aliphatic carbocycles. The molecule has 3 rings (SSSR count). The third-order valence-corrected chi connectivity index (χ3v) is 4.50. The van der Waals surface area contributed by atoms with Crippen molar-refractivity contribution in [3.8, 4) is 0 Å². The van der Waals surface area contributed by atoms with Gasteiger partial charge in [-0.25, -0.2) is 4.79 Å². The van der Waals surface area contributed by atoms with E-state index in [2.05, 4.69) is 0 Å². The Morgan fingerprint density at radius 2 is 1.37 bits per heavy atom. The molecular formula is C24H28O6. The monoisotopic (exact) mass is 412 g/mol. The van der Waals surface area contributed by atoms with Gasteiger partial charge in [0.25, 0.3) is 0 Å². The van der Waals surface area contributed by atoms with Crippen LogP contribution in [0, 0.1) is 0 Å². The van der Waals surface area contributed by atoms with Gasteiger partial charge in [0, 0.05) is 6.08 Å². The van der Waals surface area contributed by atoms with Gasteiger partial charge in [0.1, 0.15) is 12.2 Å². The summed E-state index contributed by atoms with van der Waals surface area (Å²) in [7, 11) is 0. The zero-order valence-corrected chi connectivity index (χ0v) is 17.1. The van der Waals surface area contributed by atoms with Gasteiger partial charge >= 0.3 is 5.97 Å². The molecule has 1 saturated heterocycles. The molecule has 6 heteroatoms. The molecule has 160 valence electrons. The second kappa shape index (κ2) is 12.2. The van der Waals surface area contributed by atoms with Crippen LogP contribution in [0.3, 0.4) is 0 Å². The topological polar surface area (TPSA) is 63.2 Å². The van der Waals surface area contributed by atoms with Crippen LogP contribution < -0.4 is 0 Å². The Hall–Kier alpha value is -2.51. The van der Waals surface area contributed by atoms with E-state index in [1.807, 2.05) is 60.7 Å². The fourth-order valence-corrected chi connectivity index (χ4v) is 3.02. The summed E-state index contributed by atoms with van der Waals surface area (Å²) in [5.74, 6) is -0.426. The van der Waals surface area contributed by atoms with Crippen molar-refractivity contribution in [2.75, 3.05) is 19.8 Å². The zero-order chi connectivity index (χ0) is 21.0. The average Bonchev–Trinajstić information content (AvgIpc) is 3.16. The Labute approximate surface area is 177 Å². The van der Waals surface area contributed by atoms with Gasteiger partial charge in [-0.15, -0.1) is 0 Å². The minimum absolute atomic E-state index is 0.304. The van der Waals surface area contributed by atoms with Gasteiger partial charge in [-0.05, 0) is 24.1 Å². The predicted octanol–water partition coefficient (Wildman–Crippen LogP) is 3.65. The maximum absolute atomic E-state index is 11.6. The standard InChI is InChI=1S/C24H28O6/c1-2-28-23(25)13-14-24-29-21(17-26-15-19-9-5-3-6-10-19)22(30-24)18-27-16-20-11-7-4-8-12-20/h3-14,21-22,24H,2,15-18H2,1H3/b14-13+/t21-,22-/m1/s1. The molecule has 2 aromatic carbocycles. The van der Waals surface area contributed by atoms with Gasteiger partial charge in [-0.3, -0.25) is 0 Å². The van der Waals surface area contributed by atoms with Gasteiger partial charge in [0.2, 0.25) is 0 Å². The van der Waals surface area contributed by atoms with E-state index in [0.29, 0.717) is 33.0 Å². The van der Waals surface area contributed by atoms with Crippen LogP contribution in [0.25, 0.3) is 0 Å². The van der Waals surface area contributed by atoms with Crippen LogP contribution in [-0.2, 0) is 41.7 Å². The molecular weight excluding hydrogens is 384 g/mol. The SMILES string of the molecule is CCOC(=O)/C=C/C1O[C@H](COCc2ccccc2)[C@@H](COCc2ccccc2)O1. The third kappa shape index (κ3) is 7.39. The highest BCUT2D eigenvalue weighted by Gasteiger charge is 2.35. The van der Waals surface area contributed by atoms with Gasteiger partial charge in [0.05, 0.1) is 33.0 Å². The van der Waals surface area contributed by atoms with Crippen molar-refractivity contribution in [1.82, 2.24) is 0 Å². The highest BCUT2D eigenvalue weighted by molar-refractivity contribution is 5.81. The van der Waals surface area contributed by atoms with Gasteiger partial charge in [0.15, 0.2) is 6.29 Å². The maximum atomic E-state index is 11.6. The number of esters is 1. The van der Waals surface area contributed by atoms with Gasteiger partial charge in [-0.2, -0.15) is 0 Å². The molecule has 0 radical (unpaired) electrons. The molecule has 6 nitrogen and oxygen atoms in total. The number of rotatable bonds is 11. The largest absolute Gasteiger partial charge is 0.463 e. The number of carbonyl (C=O) groups is 1. The van der Waals surface area contributed by atoms with Crippen molar-refractivity contribution in [3.63, 3.8) is 0 Å². The number of hydrogen-bond acceptors (Lipinski definition) is 6. The summed E-state index contributed by atoms with van der Waals surface area (Å²) in [6.07, 6.45) is 1.62. The van der Waals surface area contributed by atoms with Crippen LogP contribution in [0.2, 0.25) is 0 Å². The number of benzene rings is 2. The molecule has 1 heterocycles. The molecule has 0 N–H and O–H groups in total. The van der Waals surface area contributed by atoms with Crippen LogP contribution in [0.1, 0.15) is 18.1 Å². The quantitative estimate of drug-likeness (QED) is 0.415. The Kier molecular flexibility index (Phi) is 9.05. The van der Waals surface area contributed by atoms with Crippen molar-refractivity contribution in [2.24, 2.45) is 0 Å². The molecule has 2 atom stereocenters. The smallest absolute Gasteiger partial charge is 0.330 e. The number of hydrogen-bond donors (Lipinski definition) is 0. The summed E-state index contributed by atoms with van der Waals surface area (Å²) >= 11 is 0. The third-order valence-electron chi connectivity index (χ3n) is 4.50. The summed E-state index contributed by atoms with van der Waals surface area (Å²) in [5.41, 5.74) is 2.18. The molecule has 1 fully saturated rings. The van der Waals surface area contributed by atoms with Crippen LogP contribution in [0.15, 0.2) is 72.8 Å². The van der Waals surface area contributed by atoms with E-state index >= 15 is 0 Å². The minimum atomic E-state index is -0.648. The summed E-state index contributed by atoms with van der Waals surface area (Å²) < 4.78 is 28.4. The first-order valence-electron chi connectivity index (χ1n) is 10.1. The first-order valence-corrected chi connectivity index (χ1v) is 10.1. The average molecular weight is 412 g/mol. The highest BCUT2D eigenvalue weighted by Crippen LogP contribution is 2.22. The van der Waals surface area contributed by atoms with Crippen LogP contribution in [0.4, 0.5) is 0 Å². The molecule has 0 unspecified atom stereocenters. The molecule has 0 spiro atoms. The summed E-state index contributed by atoms with van der Waals surface area (Å²) in [6, 6.07) is 19.9. The first-order chi connectivity index (χ1) is 14.7. The Morgan fingerprint density at radius 1 is 0.867 bits per heavy atom. The maximum Gasteiger partial charge on any atom is 0.330 e. The van der Waals surface area contributed by atoms with Crippen molar-refractivity contribution in [3.05, 3.63) is 83.9 Å². The lowest BCUT2D eigenvalue weighted by molar-refractivity contribution is -0.137. The summed E-state index contributed by atoms with van der Waals surface area (Å²) in [4.78, 5) is 11.6. The number of carbonyl (C=O) groups excluding carboxylic acids is 1. The van der Waals surface area contributed by atoms with Crippen LogP contribution >= 0.6 is 0 Å². The fraction of sp³-hybridized carbons (Fsp3) is 0.375. The van der Waals surface area contributed by atoms with E-state index in [4.69, 9.17) is 23.7 Å². The van der Waals surface area contributed by atoms with E-state index in [1.54, 1.807) is 13.0 Å². The van der Waals surface area contributed by atoms with Crippen LogP contribution in [0.5, 0.6) is 0 Å². The first kappa shape index (κ1) is 22.2. The van der Waals surface area contributed by atoms with Gasteiger partial charge in [-0.1, -0.05) is 60.7 Å².